The van der Waals surface area contributed by atoms with Crippen molar-refractivity contribution in [1.82, 2.24) is 0 Å². The van der Waals surface area contributed by atoms with Crippen LogP contribution in [0.4, 0.5) is 5.69 Å². The number of hydrogen-bond donors (Lipinski definition) is 2. The summed E-state index contributed by atoms with van der Waals surface area (Å²) in [5.41, 5.74) is 2.27. The summed E-state index contributed by atoms with van der Waals surface area (Å²) in [4.78, 5) is 2.37. The molecule has 10 nitrogen and oxygen atoms in total. The van der Waals surface area contributed by atoms with E-state index in [1.165, 1.54) is 30.5 Å². The van der Waals surface area contributed by atoms with Crippen molar-refractivity contribution in [1.29, 1.82) is 10.8 Å². The summed E-state index contributed by atoms with van der Waals surface area (Å²) in [5, 5.41) is 12.0. The summed E-state index contributed by atoms with van der Waals surface area (Å²) in [6.07, 6.45) is 5.83. The van der Waals surface area contributed by atoms with E-state index in [4.69, 9.17) is 42.5 Å². The number of ether oxygens (including phenoxy) is 3. The molecule has 192 valence electrons. The SMILES string of the molecule is CCOc1ccc(C2(Oc3ccc(N4CCOCC4)cc3)CCCCC2)cc1.N#N.O=S(=O)(O)O. The molecule has 0 amide bonds. The van der Waals surface area contributed by atoms with Crippen LogP contribution >= 0.6 is 0 Å². The van der Waals surface area contributed by atoms with Gasteiger partial charge in [-0.05, 0) is 74.6 Å². The number of benzene rings is 2. The monoisotopic (exact) mass is 507 g/mol. The maximum Gasteiger partial charge on any atom is 0.394 e. The van der Waals surface area contributed by atoms with Crippen molar-refractivity contribution >= 4 is 16.1 Å². The predicted molar refractivity (Wildman–Crippen MR) is 130 cm³/mol. The highest BCUT2D eigenvalue weighted by atomic mass is 32.3. The largest absolute Gasteiger partial charge is 0.494 e. The van der Waals surface area contributed by atoms with Crippen molar-refractivity contribution in [3.63, 3.8) is 0 Å². The van der Waals surface area contributed by atoms with E-state index in [1.807, 2.05) is 6.92 Å². The van der Waals surface area contributed by atoms with Crippen LogP contribution in [-0.4, -0.2) is 50.4 Å². The first-order chi connectivity index (χ1) is 16.8. The normalized spacial score (nSPS) is 17.1. The first-order valence-corrected chi connectivity index (χ1v) is 12.9. The molecule has 2 N–H and O–H groups in total. The number of rotatable bonds is 6. The molecule has 0 spiro atoms. The summed E-state index contributed by atoms with van der Waals surface area (Å²) in [7, 11) is -4.67. The maximum absolute atomic E-state index is 8.74. The summed E-state index contributed by atoms with van der Waals surface area (Å²) in [5.74, 6) is 1.87. The molecule has 1 saturated heterocycles. The second-order valence-electron chi connectivity index (χ2n) is 8.16. The highest BCUT2D eigenvalue weighted by molar-refractivity contribution is 7.79. The van der Waals surface area contributed by atoms with Gasteiger partial charge in [0.1, 0.15) is 17.1 Å². The van der Waals surface area contributed by atoms with Gasteiger partial charge < -0.3 is 19.1 Å². The van der Waals surface area contributed by atoms with Crippen LogP contribution in [0.1, 0.15) is 44.6 Å². The van der Waals surface area contributed by atoms with Gasteiger partial charge in [-0.25, -0.2) is 0 Å². The molecule has 2 aromatic rings. The van der Waals surface area contributed by atoms with Crippen molar-refractivity contribution in [2.24, 2.45) is 0 Å². The lowest BCUT2D eigenvalue weighted by Crippen LogP contribution is -2.36. The van der Waals surface area contributed by atoms with Crippen LogP contribution < -0.4 is 14.4 Å². The van der Waals surface area contributed by atoms with E-state index in [0.29, 0.717) is 6.61 Å². The van der Waals surface area contributed by atoms with Gasteiger partial charge >= 0.3 is 10.4 Å². The molecule has 1 aliphatic heterocycles. The Labute approximate surface area is 206 Å². The van der Waals surface area contributed by atoms with Crippen molar-refractivity contribution in [3.05, 3.63) is 54.1 Å². The van der Waals surface area contributed by atoms with Gasteiger partial charge in [0.25, 0.3) is 0 Å². The Balaban J connectivity index is 0.000000551. The molecule has 0 unspecified atom stereocenters. The highest BCUT2D eigenvalue weighted by Crippen LogP contribution is 2.42. The first-order valence-electron chi connectivity index (χ1n) is 11.5. The fourth-order valence-electron chi connectivity index (χ4n) is 4.37. The summed E-state index contributed by atoms with van der Waals surface area (Å²) in [6, 6.07) is 17.1. The van der Waals surface area contributed by atoms with Crippen LogP contribution in [0.5, 0.6) is 11.5 Å². The van der Waals surface area contributed by atoms with Crippen LogP contribution in [0.2, 0.25) is 0 Å². The minimum Gasteiger partial charge on any atom is -0.494 e. The van der Waals surface area contributed by atoms with Gasteiger partial charge in [0, 0.05) is 29.6 Å². The van der Waals surface area contributed by atoms with Gasteiger partial charge in [0.15, 0.2) is 0 Å². The van der Waals surface area contributed by atoms with E-state index < -0.39 is 10.4 Å². The Morgan fingerprint density at radius 1 is 0.914 bits per heavy atom. The van der Waals surface area contributed by atoms with Gasteiger partial charge in [0.2, 0.25) is 0 Å². The molecule has 0 atom stereocenters. The molecule has 35 heavy (non-hydrogen) atoms. The zero-order chi connectivity index (χ0) is 25.7. The molecular weight excluding hydrogens is 474 g/mol. The lowest BCUT2D eigenvalue weighted by molar-refractivity contribution is 0.0263. The topological polar surface area (TPSA) is 153 Å². The molecule has 1 heterocycles. The van der Waals surface area contributed by atoms with Crippen LogP contribution in [0.3, 0.4) is 0 Å². The Bertz CT molecular complexity index is 992. The third-order valence-electron chi connectivity index (χ3n) is 5.88. The lowest BCUT2D eigenvalue weighted by Gasteiger charge is -2.38. The number of nitrogens with zero attached hydrogens (tertiary/aromatic N) is 3. The Morgan fingerprint density at radius 2 is 1.43 bits per heavy atom. The van der Waals surface area contributed by atoms with E-state index in [1.54, 1.807) is 0 Å². The molecule has 2 aromatic carbocycles. The molecule has 2 fully saturated rings. The van der Waals surface area contributed by atoms with E-state index in [-0.39, 0.29) is 5.60 Å². The van der Waals surface area contributed by atoms with Crippen molar-refractivity contribution in [2.75, 3.05) is 37.8 Å². The van der Waals surface area contributed by atoms with Gasteiger partial charge in [-0.1, -0.05) is 18.6 Å². The van der Waals surface area contributed by atoms with Crippen molar-refractivity contribution in [2.45, 2.75) is 44.6 Å². The molecular formula is C24H33N3O7S. The van der Waals surface area contributed by atoms with Gasteiger partial charge in [-0.15, -0.1) is 0 Å². The average Bonchev–Trinajstić information content (AvgIpc) is 2.86. The highest BCUT2D eigenvalue weighted by Gasteiger charge is 2.36. The Morgan fingerprint density at radius 3 is 1.94 bits per heavy atom. The van der Waals surface area contributed by atoms with Crippen molar-refractivity contribution < 1.29 is 31.7 Å². The molecule has 1 aliphatic carbocycles. The second kappa shape index (κ2) is 13.8. The molecule has 11 heteroatoms. The van der Waals surface area contributed by atoms with E-state index in [9.17, 15) is 0 Å². The van der Waals surface area contributed by atoms with Crippen LogP contribution in [0, 0.1) is 10.8 Å². The van der Waals surface area contributed by atoms with Gasteiger partial charge in [-0.3, -0.25) is 9.11 Å². The van der Waals surface area contributed by atoms with E-state index >= 15 is 0 Å². The van der Waals surface area contributed by atoms with Gasteiger partial charge in [-0.2, -0.15) is 8.42 Å². The molecule has 0 bridgehead atoms. The quantitative estimate of drug-likeness (QED) is 0.421. The minimum atomic E-state index is -4.67. The Kier molecular flexibility index (Phi) is 11.2. The molecule has 1 saturated carbocycles. The predicted octanol–water partition coefficient (Wildman–Crippen LogP) is 4.54. The standard InChI is InChI=1S/C24H31NO3.N2.H2O4S/c1-2-27-22-10-6-20(7-11-22)24(14-4-3-5-15-24)28-23-12-8-21(9-13-23)25-16-18-26-19-17-25;1-2;1-5(2,3)4/h6-13H,2-5,14-19H2,1H3;;(H2,1,2,3,4). The summed E-state index contributed by atoms with van der Waals surface area (Å²) < 4.78 is 49.3. The smallest absolute Gasteiger partial charge is 0.394 e. The van der Waals surface area contributed by atoms with Crippen molar-refractivity contribution in [3.8, 4) is 11.5 Å². The fraction of sp³-hybridized carbons (Fsp3) is 0.500. The number of anilines is 1. The van der Waals surface area contributed by atoms with Crippen LogP contribution in [0.25, 0.3) is 0 Å². The summed E-state index contributed by atoms with van der Waals surface area (Å²) >= 11 is 0. The third kappa shape index (κ3) is 9.33. The van der Waals surface area contributed by atoms with E-state index in [0.717, 1.165) is 50.6 Å². The lowest BCUT2D eigenvalue weighted by atomic mass is 9.79. The maximum atomic E-state index is 8.74. The minimum absolute atomic E-state index is 0.233. The van der Waals surface area contributed by atoms with Gasteiger partial charge in [0.05, 0.1) is 19.8 Å². The number of hydrogen-bond acceptors (Lipinski definition) is 8. The molecule has 0 radical (unpaired) electrons. The van der Waals surface area contributed by atoms with Crippen LogP contribution in [0.15, 0.2) is 48.5 Å². The zero-order valence-corrected chi connectivity index (χ0v) is 20.7. The molecule has 2 aliphatic rings. The first kappa shape index (κ1) is 28.3. The van der Waals surface area contributed by atoms with Crippen LogP contribution in [-0.2, 0) is 20.7 Å². The molecule has 4 rings (SSSR count). The number of morpholine rings is 1. The summed E-state index contributed by atoms with van der Waals surface area (Å²) in [6.45, 7) is 6.22. The fourth-order valence-corrected chi connectivity index (χ4v) is 4.37. The third-order valence-corrected chi connectivity index (χ3v) is 5.88. The second-order valence-corrected chi connectivity index (χ2v) is 9.05. The average molecular weight is 508 g/mol. The zero-order valence-electron chi connectivity index (χ0n) is 19.9. The molecule has 0 aromatic heterocycles. The van der Waals surface area contributed by atoms with E-state index in [2.05, 4.69) is 53.4 Å². The Hall–Kier alpha value is -2.91.